The summed E-state index contributed by atoms with van der Waals surface area (Å²) >= 11 is 1.40. The Labute approximate surface area is 457 Å². The van der Waals surface area contributed by atoms with Crippen LogP contribution in [0.1, 0.15) is 295 Å². The second kappa shape index (κ2) is 49.3. The van der Waals surface area contributed by atoms with E-state index in [1.165, 1.54) is 192 Å². The van der Waals surface area contributed by atoms with Gasteiger partial charge in [0, 0.05) is 30.8 Å². The largest absolute Gasteiger partial charge is 0.462 e. The second-order valence-electron chi connectivity index (χ2n) is 21.4. The van der Waals surface area contributed by atoms with Gasteiger partial charge in [0.2, 0.25) is 5.91 Å². The standard InChI is InChI=1S/C65H109NO7S/c1-4-7-10-13-16-19-22-24-27-30-33-36-45-52-62(68)71-54-59(72-63(69)53-46-37-34-31-28-25-23-20-17-14-11-8-5-2)55-74-56-60(66-61(67)51-44-35-32-29-26-21-18-15-12-9-6-3)65(70)73-64(57-47-40-38-41-48-57)58-49-42-39-43-50-58/h38-43,47-50,59-60,64H,4-37,44-46,51-56H2,1-3H3,(H,66,67)/t59-,60+/m1/s1. The molecule has 0 aliphatic rings. The maximum absolute atomic E-state index is 14.2. The van der Waals surface area contributed by atoms with E-state index in [1.807, 2.05) is 60.7 Å². The van der Waals surface area contributed by atoms with Crippen LogP contribution in [-0.2, 0) is 33.4 Å². The number of esters is 3. The summed E-state index contributed by atoms with van der Waals surface area (Å²) in [6.45, 7) is 6.73. The fraction of sp³-hybridized carbons (Fsp3) is 0.754. The van der Waals surface area contributed by atoms with Gasteiger partial charge in [0.05, 0.1) is 0 Å². The number of nitrogens with one attached hydrogen (secondary N) is 1. The van der Waals surface area contributed by atoms with Crippen molar-refractivity contribution >= 4 is 35.6 Å². The first-order valence-electron chi connectivity index (χ1n) is 30.9. The van der Waals surface area contributed by atoms with Gasteiger partial charge in [0.1, 0.15) is 18.8 Å². The Morgan fingerprint density at radius 3 is 1.12 bits per heavy atom. The molecular formula is C65H109NO7S. The van der Waals surface area contributed by atoms with E-state index in [4.69, 9.17) is 14.2 Å². The lowest BCUT2D eigenvalue weighted by Gasteiger charge is -2.24. The fourth-order valence-electron chi connectivity index (χ4n) is 9.68. The number of ether oxygens (including phenoxy) is 3. The number of thioether (sulfide) groups is 1. The molecule has 8 nitrogen and oxygen atoms in total. The molecule has 1 amide bonds. The van der Waals surface area contributed by atoms with E-state index in [1.54, 1.807) is 0 Å². The average Bonchev–Trinajstić information content (AvgIpc) is 3.41. The SMILES string of the molecule is CCCCCCCCCCCCCCCC(=O)OC[C@H](CSC[C@H](NC(=O)CCCCCCCCCCCCC)C(=O)OC(c1ccccc1)c1ccccc1)OC(=O)CCCCCCCCCCCCCCC. The van der Waals surface area contributed by atoms with Crippen LogP contribution in [0.25, 0.3) is 0 Å². The van der Waals surface area contributed by atoms with Gasteiger partial charge in [0.15, 0.2) is 6.10 Å². The van der Waals surface area contributed by atoms with Crippen LogP contribution in [0.3, 0.4) is 0 Å². The zero-order valence-corrected chi connectivity index (χ0v) is 48.5. The predicted octanol–water partition coefficient (Wildman–Crippen LogP) is 18.7. The Bertz CT molecular complexity index is 1570. The number of hydrogen-bond acceptors (Lipinski definition) is 8. The molecule has 2 aromatic carbocycles. The summed E-state index contributed by atoms with van der Waals surface area (Å²) < 4.78 is 18.1. The second-order valence-corrected chi connectivity index (χ2v) is 22.4. The Hall–Kier alpha value is -3.33. The number of amides is 1. The summed E-state index contributed by atoms with van der Waals surface area (Å²) in [6, 6.07) is 18.4. The molecule has 9 heteroatoms. The first-order valence-corrected chi connectivity index (χ1v) is 32.1. The minimum absolute atomic E-state index is 0.0426. The third-order valence-corrected chi connectivity index (χ3v) is 15.5. The van der Waals surface area contributed by atoms with E-state index in [0.717, 1.165) is 68.9 Å². The molecule has 2 atom stereocenters. The van der Waals surface area contributed by atoms with Gasteiger partial charge in [-0.15, -0.1) is 0 Å². The van der Waals surface area contributed by atoms with E-state index >= 15 is 0 Å². The van der Waals surface area contributed by atoms with Crippen LogP contribution in [0.2, 0.25) is 0 Å². The van der Waals surface area contributed by atoms with Crippen molar-refractivity contribution in [3.8, 4) is 0 Å². The van der Waals surface area contributed by atoms with Gasteiger partial charge in [0.25, 0.3) is 0 Å². The first kappa shape index (κ1) is 66.8. The predicted molar refractivity (Wildman–Crippen MR) is 313 cm³/mol. The molecule has 0 bridgehead atoms. The van der Waals surface area contributed by atoms with Crippen molar-refractivity contribution in [2.75, 3.05) is 18.1 Å². The molecule has 0 saturated carbocycles. The summed E-state index contributed by atoms with van der Waals surface area (Å²) in [5.41, 5.74) is 1.67. The van der Waals surface area contributed by atoms with E-state index in [9.17, 15) is 19.2 Å². The summed E-state index contributed by atoms with van der Waals surface area (Å²) in [5.74, 6) is -0.769. The number of unbranched alkanes of at least 4 members (excludes halogenated alkanes) is 34. The third-order valence-electron chi connectivity index (χ3n) is 14.4. The van der Waals surface area contributed by atoms with E-state index in [-0.39, 0.29) is 30.2 Å². The average molecular weight is 1050 g/mol. The quantitative estimate of drug-likeness (QED) is 0.0397. The molecule has 2 rings (SSSR count). The van der Waals surface area contributed by atoms with Crippen molar-refractivity contribution in [3.63, 3.8) is 0 Å². The lowest BCUT2D eigenvalue weighted by molar-refractivity contribution is -0.157. The van der Waals surface area contributed by atoms with Gasteiger partial charge in [-0.1, -0.05) is 300 Å². The van der Waals surface area contributed by atoms with Crippen LogP contribution in [0.5, 0.6) is 0 Å². The lowest BCUT2D eigenvalue weighted by Crippen LogP contribution is -2.44. The molecule has 0 heterocycles. The highest BCUT2D eigenvalue weighted by molar-refractivity contribution is 7.99. The van der Waals surface area contributed by atoms with Crippen molar-refractivity contribution in [1.82, 2.24) is 5.32 Å². The van der Waals surface area contributed by atoms with Crippen LogP contribution in [0.15, 0.2) is 60.7 Å². The van der Waals surface area contributed by atoms with E-state index in [2.05, 4.69) is 26.1 Å². The van der Waals surface area contributed by atoms with Gasteiger partial charge < -0.3 is 19.5 Å². The van der Waals surface area contributed by atoms with Gasteiger partial charge in [-0.05, 0) is 30.4 Å². The molecule has 0 saturated heterocycles. The minimum atomic E-state index is -0.935. The monoisotopic (exact) mass is 1050 g/mol. The highest BCUT2D eigenvalue weighted by atomic mass is 32.2. The minimum Gasteiger partial charge on any atom is -0.462 e. The van der Waals surface area contributed by atoms with Crippen molar-refractivity contribution in [1.29, 1.82) is 0 Å². The molecule has 0 radical (unpaired) electrons. The normalized spacial score (nSPS) is 12.2. The van der Waals surface area contributed by atoms with Gasteiger partial charge in [-0.25, -0.2) is 4.79 Å². The zero-order valence-electron chi connectivity index (χ0n) is 47.7. The summed E-state index contributed by atoms with van der Waals surface area (Å²) in [4.78, 5) is 54.0. The number of carbonyl (C=O) groups excluding carboxylic acids is 4. The van der Waals surface area contributed by atoms with E-state index < -0.39 is 24.2 Å². The van der Waals surface area contributed by atoms with Crippen LogP contribution in [-0.4, -0.2) is 54.1 Å². The Balaban J connectivity index is 1.99. The zero-order chi connectivity index (χ0) is 53.2. The van der Waals surface area contributed by atoms with Crippen molar-refractivity contribution in [2.45, 2.75) is 296 Å². The van der Waals surface area contributed by atoms with Crippen LogP contribution in [0.4, 0.5) is 0 Å². The fourth-order valence-corrected chi connectivity index (χ4v) is 10.7. The van der Waals surface area contributed by atoms with Crippen LogP contribution < -0.4 is 5.32 Å². The summed E-state index contributed by atoms with van der Waals surface area (Å²) in [6.07, 6.45) is 44.8. The topological polar surface area (TPSA) is 108 Å². The Morgan fingerprint density at radius 2 is 0.743 bits per heavy atom. The maximum atomic E-state index is 14.2. The Kier molecular flexibility index (Phi) is 44.5. The molecular weight excluding hydrogens is 939 g/mol. The number of carbonyl (C=O) groups is 4. The third kappa shape index (κ3) is 38.3. The maximum Gasteiger partial charge on any atom is 0.330 e. The van der Waals surface area contributed by atoms with E-state index in [0.29, 0.717) is 25.0 Å². The molecule has 1 N–H and O–H groups in total. The van der Waals surface area contributed by atoms with Gasteiger partial charge in [-0.3, -0.25) is 14.4 Å². The molecule has 0 aliphatic heterocycles. The molecule has 0 unspecified atom stereocenters. The van der Waals surface area contributed by atoms with Crippen LogP contribution in [0, 0.1) is 0 Å². The van der Waals surface area contributed by atoms with Gasteiger partial charge in [-0.2, -0.15) is 11.8 Å². The first-order chi connectivity index (χ1) is 36.4. The van der Waals surface area contributed by atoms with Crippen LogP contribution >= 0.6 is 11.8 Å². The van der Waals surface area contributed by atoms with Crippen molar-refractivity contribution in [2.24, 2.45) is 0 Å². The molecule has 422 valence electrons. The summed E-state index contributed by atoms with van der Waals surface area (Å²) in [7, 11) is 0. The van der Waals surface area contributed by atoms with Crippen molar-refractivity contribution in [3.05, 3.63) is 71.8 Å². The highest BCUT2D eigenvalue weighted by Crippen LogP contribution is 2.27. The lowest BCUT2D eigenvalue weighted by atomic mass is 10.0. The smallest absolute Gasteiger partial charge is 0.330 e. The molecule has 0 aromatic heterocycles. The Morgan fingerprint density at radius 1 is 0.405 bits per heavy atom. The summed E-state index contributed by atoms with van der Waals surface area (Å²) in [5, 5.41) is 3.02. The molecule has 74 heavy (non-hydrogen) atoms. The number of rotatable bonds is 52. The number of hydrogen-bond donors (Lipinski definition) is 1. The molecule has 0 aliphatic carbocycles. The van der Waals surface area contributed by atoms with Crippen molar-refractivity contribution < 1.29 is 33.4 Å². The molecule has 0 spiro atoms. The molecule has 0 fully saturated rings. The molecule has 2 aromatic rings. The number of benzene rings is 2. The van der Waals surface area contributed by atoms with Gasteiger partial charge >= 0.3 is 17.9 Å². The highest BCUT2D eigenvalue weighted by Gasteiger charge is 2.28.